The number of sulfonamides is 1. The molecule has 0 spiro atoms. The van der Waals surface area contributed by atoms with Gasteiger partial charge < -0.3 is 20.3 Å². The molecule has 1 atom stereocenters. The lowest BCUT2D eigenvalue weighted by atomic mass is 10.1. The van der Waals surface area contributed by atoms with Gasteiger partial charge in [0.05, 0.1) is 24.2 Å². The van der Waals surface area contributed by atoms with Crippen molar-refractivity contribution in [3.05, 3.63) is 18.0 Å². The highest BCUT2D eigenvalue weighted by molar-refractivity contribution is 7.89. The maximum absolute atomic E-state index is 12.7. The number of ether oxygens (including phenoxy) is 1. The highest BCUT2D eigenvalue weighted by Gasteiger charge is 2.39. The molecule has 2 fully saturated rings. The summed E-state index contributed by atoms with van der Waals surface area (Å²) in [5.74, 6) is 1.75. The second-order valence-electron chi connectivity index (χ2n) is 8.94. The van der Waals surface area contributed by atoms with E-state index < -0.39 is 15.3 Å². The summed E-state index contributed by atoms with van der Waals surface area (Å²) in [7, 11) is -3.27. The zero-order chi connectivity index (χ0) is 23.2. The SMILES string of the molecule is CC(C)S(=O)(=O)N1CC[C@@H](N2CCc3c(-c4cnc(N)nc4)nc(N4CCOCC4)nc32)C1. The van der Waals surface area contributed by atoms with Crippen LogP contribution >= 0.6 is 0 Å². The molecule has 3 aliphatic heterocycles. The van der Waals surface area contributed by atoms with Gasteiger partial charge in [-0.25, -0.2) is 23.4 Å². The van der Waals surface area contributed by atoms with Crippen LogP contribution in [-0.2, 0) is 21.2 Å². The number of hydrogen-bond donors (Lipinski definition) is 1. The Labute approximate surface area is 194 Å². The smallest absolute Gasteiger partial charge is 0.228 e. The summed E-state index contributed by atoms with van der Waals surface area (Å²) in [6, 6.07) is 0.0859. The Morgan fingerprint density at radius 1 is 1.09 bits per heavy atom. The van der Waals surface area contributed by atoms with Gasteiger partial charge in [-0.3, -0.25) is 0 Å². The fraction of sp³-hybridized carbons (Fsp3) is 0.619. The molecule has 178 valence electrons. The highest BCUT2D eigenvalue weighted by Crippen LogP contribution is 2.38. The Morgan fingerprint density at radius 3 is 2.52 bits per heavy atom. The van der Waals surface area contributed by atoms with E-state index in [0.717, 1.165) is 55.1 Å². The van der Waals surface area contributed by atoms with Gasteiger partial charge in [-0.2, -0.15) is 9.29 Å². The zero-order valence-electron chi connectivity index (χ0n) is 19.0. The lowest BCUT2D eigenvalue weighted by molar-refractivity contribution is 0.122. The maximum atomic E-state index is 12.7. The summed E-state index contributed by atoms with van der Waals surface area (Å²) in [5, 5.41) is -0.422. The third-order valence-electron chi connectivity index (χ3n) is 6.61. The van der Waals surface area contributed by atoms with Gasteiger partial charge in [0.25, 0.3) is 0 Å². The third-order valence-corrected chi connectivity index (χ3v) is 8.85. The number of hydrogen-bond acceptors (Lipinski definition) is 10. The molecule has 0 aromatic carbocycles. The van der Waals surface area contributed by atoms with Crippen LogP contribution in [0.15, 0.2) is 12.4 Å². The summed E-state index contributed by atoms with van der Waals surface area (Å²) in [4.78, 5) is 22.6. The van der Waals surface area contributed by atoms with Crippen LogP contribution in [0.3, 0.4) is 0 Å². The minimum Gasteiger partial charge on any atom is -0.378 e. The number of fused-ring (bicyclic) bond motifs is 1. The first kappa shape index (κ1) is 22.2. The number of nitrogen functional groups attached to an aromatic ring is 1. The molecule has 0 radical (unpaired) electrons. The zero-order valence-corrected chi connectivity index (χ0v) is 19.8. The predicted molar refractivity (Wildman–Crippen MR) is 126 cm³/mol. The van der Waals surface area contributed by atoms with Crippen molar-refractivity contribution in [2.75, 3.05) is 61.5 Å². The van der Waals surface area contributed by atoms with E-state index in [4.69, 9.17) is 20.4 Å². The monoisotopic (exact) mass is 474 g/mol. The molecule has 0 amide bonds. The van der Waals surface area contributed by atoms with E-state index in [0.29, 0.717) is 32.3 Å². The van der Waals surface area contributed by atoms with Gasteiger partial charge in [0.1, 0.15) is 5.82 Å². The number of anilines is 3. The Bertz CT molecular complexity index is 1120. The molecule has 11 nitrogen and oxygen atoms in total. The average molecular weight is 475 g/mol. The Kier molecular flexibility index (Phi) is 5.83. The third kappa shape index (κ3) is 4.11. The van der Waals surface area contributed by atoms with Gasteiger partial charge in [-0.05, 0) is 26.7 Å². The molecular weight excluding hydrogens is 444 g/mol. The molecule has 0 unspecified atom stereocenters. The minimum absolute atomic E-state index is 0.0859. The number of morpholine rings is 1. The molecule has 12 heteroatoms. The largest absolute Gasteiger partial charge is 0.378 e. The van der Waals surface area contributed by atoms with Gasteiger partial charge in [0.15, 0.2) is 0 Å². The second kappa shape index (κ2) is 8.65. The van der Waals surface area contributed by atoms with Crippen molar-refractivity contribution in [2.24, 2.45) is 0 Å². The van der Waals surface area contributed by atoms with Gasteiger partial charge in [-0.1, -0.05) is 0 Å². The number of nitrogens with zero attached hydrogens (tertiary/aromatic N) is 7. The van der Waals surface area contributed by atoms with Crippen molar-refractivity contribution < 1.29 is 13.2 Å². The van der Waals surface area contributed by atoms with E-state index in [9.17, 15) is 8.42 Å². The van der Waals surface area contributed by atoms with E-state index in [1.807, 2.05) is 0 Å². The molecule has 33 heavy (non-hydrogen) atoms. The first-order valence-electron chi connectivity index (χ1n) is 11.4. The Balaban J connectivity index is 1.51. The number of nitrogens with two attached hydrogens (primary N) is 1. The standard InChI is InChI=1S/C21H30N8O3S/c1-14(2)33(30,31)28-5-3-16(13-28)29-6-4-17-18(15-11-23-20(22)24-12-15)25-21(26-19(17)29)27-7-9-32-10-8-27/h11-12,14,16H,3-10,13H2,1-2H3,(H2,22,23,24)/t16-/m1/s1. The molecule has 2 N–H and O–H groups in total. The highest BCUT2D eigenvalue weighted by atomic mass is 32.2. The fourth-order valence-electron chi connectivity index (χ4n) is 4.72. The van der Waals surface area contributed by atoms with E-state index in [1.165, 1.54) is 0 Å². The van der Waals surface area contributed by atoms with E-state index in [-0.39, 0.29) is 12.0 Å². The predicted octanol–water partition coefficient (Wildman–Crippen LogP) is 0.527. The van der Waals surface area contributed by atoms with Crippen molar-refractivity contribution in [2.45, 2.75) is 38.0 Å². The van der Waals surface area contributed by atoms with E-state index in [1.54, 1.807) is 30.5 Å². The molecule has 0 aliphatic carbocycles. The van der Waals surface area contributed by atoms with Crippen molar-refractivity contribution in [1.82, 2.24) is 24.2 Å². The molecule has 3 aliphatic rings. The van der Waals surface area contributed by atoms with Crippen LogP contribution < -0.4 is 15.5 Å². The Hall–Kier alpha value is -2.57. The molecule has 5 heterocycles. The van der Waals surface area contributed by atoms with Crippen LogP contribution in [0.25, 0.3) is 11.3 Å². The normalized spacial score (nSPS) is 21.7. The van der Waals surface area contributed by atoms with Crippen LogP contribution in [0.1, 0.15) is 25.8 Å². The first-order chi connectivity index (χ1) is 15.8. The molecule has 0 saturated carbocycles. The van der Waals surface area contributed by atoms with Crippen LogP contribution in [-0.4, -0.2) is 89.9 Å². The number of rotatable bonds is 5. The summed E-state index contributed by atoms with van der Waals surface area (Å²) >= 11 is 0. The second-order valence-corrected chi connectivity index (χ2v) is 11.4. The van der Waals surface area contributed by atoms with Crippen LogP contribution in [0.5, 0.6) is 0 Å². The van der Waals surface area contributed by atoms with Crippen LogP contribution in [0.2, 0.25) is 0 Å². The Morgan fingerprint density at radius 2 is 1.82 bits per heavy atom. The first-order valence-corrected chi connectivity index (χ1v) is 12.9. The van der Waals surface area contributed by atoms with E-state index in [2.05, 4.69) is 19.8 Å². The average Bonchev–Trinajstić information content (AvgIpc) is 3.47. The van der Waals surface area contributed by atoms with Gasteiger partial charge in [0, 0.05) is 62.3 Å². The van der Waals surface area contributed by atoms with Crippen molar-refractivity contribution in [3.8, 4) is 11.3 Å². The molecule has 2 aromatic rings. The van der Waals surface area contributed by atoms with Crippen molar-refractivity contribution in [3.63, 3.8) is 0 Å². The molecule has 0 bridgehead atoms. The molecule has 5 rings (SSSR count). The minimum atomic E-state index is -3.27. The van der Waals surface area contributed by atoms with Crippen molar-refractivity contribution >= 4 is 27.7 Å². The van der Waals surface area contributed by atoms with Crippen molar-refractivity contribution in [1.29, 1.82) is 0 Å². The summed E-state index contributed by atoms with van der Waals surface area (Å²) in [6.45, 7) is 7.98. The lowest BCUT2D eigenvalue weighted by Crippen LogP contribution is -2.40. The van der Waals surface area contributed by atoms with Gasteiger partial charge in [-0.15, -0.1) is 0 Å². The lowest BCUT2D eigenvalue weighted by Gasteiger charge is -2.30. The fourth-order valence-corrected chi connectivity index (χ4v) is 6.06. The van der Waals surface area contributed by atoms with E-state index >= 15 is 0 Å². The summed E-state index contributed by atoms with van der Waals surface area (Å²) in [5.41, 5.74) is 8.36. The van der Waals surface area contributed by atoms with Crippen LogP contribution in [0.4, 0.5) is 17.7 Å². The topological polar surface area (TPSA) is 131 Å². The number of aromatic nitrogens is 4. The molecular formula is C21H30N8O3S. The summed E-state index contributed by atoms with van der Waals surface area (Å²) in [6.07, 6.45) is 4.96. The van der Waals surface area contributed by atoms with Crippen LogP contribution in [0, 0.1) is 0 Å². The van der Waals surface area contributed by atoms with Gasteiger partial charge >= 0.3 is 0 Å². The van der Waals surface area contributed by atoms with Gasteiger partial charge in [0.2, 0.25) is 21.9 Å². The maximum Gasteiger partial charge on any atom is 0.228 e. The quantitative estimate of drug-likeness (QED) is 0.654. The summed E-state index contributed by atoms with van der Waals surface area (Å²) < 4.78 is 32.5. The molecule has 2 aromatic heterocycles. The molecule has 2 saturated heterocycles.